The molecule has 6 nitrogen and oxygen atoms in total. The first-order valence-electron chi connectivity index (χ1n) is 5.28. The molecule has 2 rings (SSSR count). The monoisotopic (exact) mass is 313 g/mol. The van der Waals surface area contributed by atoms with Gasteiger partial charge in [0, 0.05) is 6.54 Å². The molecule has 2 atom stereocenters. The Hall–Kier alpha value is -0.326. The van der Waals surface area contributed by atoms with Crippen LogP contribution < -0.4 is 5.32 Å². The molecule has 88 valence electrons. The van der Waals surface area contributed by atoms with E-state index < -0.39 is 11.6 Å². The van der Waals surface area contributed by atoms with Crippen molar-refractivity contribution in [1.82, 2.24) is 15.3 Å². The Bertz CT molecular complexity index is 363. The number of carbonyl (C=O) groups excluding carboxylic acids is 3. The van der Waals surface area contributed by atoms with Crippen LogP contribution in [0.15, 0.2) is 0 Å². The van der Waals surface area contributed by atoms with Crippen molar-refractivity contribution in [2.45, 2.75) is 31.3 Å². The first kappa shape index (κ1) is 14.7. The summed E-state index contributed by atoms with van der Waals surface area (Å²) in [6.45, 7) is 2.03. The van der Waals surface area contributed by atoms with Crippen molar-refractivity contribution in [1.29, 1.82) is 0 Å². The molecule has 1 N–H and O–H groups in total. The second kappa shape index (κ2) is 5.12. The van der Waals surface area contributed by atoms with Gasteiger partial charge in [-0.3, -0.25) is 24.9 Å². The number of fused-ring (bicyclic) bond motifs is 1. The topological polar surface area (TPSA) is 69.7 Å². The second-order valence-corrected chi connectivity index (χ2v) is 4.23. The Morgan fingerprint density at radius 3 is 2.59 bits per heavy atom. The van der Waals surface area contributed by atoms with Crippen LogP contribution in [-0.2, 0) is 47.1 Å². The number of hydrogen-bond acceptors (Lipinski definition) is 4. The molecular formula is C10H14N3O3Y+2. The molecule has 2 amide bonds. The molecule has 0 spiro atoms. The predicted octanol–water partition coefficient (Wildman–Crippen LogP) is -1.18. The van der Waals surface area contributed by atoms with E-state index in [4.69, 9.17) is 0 Å². The molecule has 0 radical (unpaired) electrons. The minimum atomic E-state index is -1.24. The van der Waals surface area contributed by atoms with E-state index in [1.807, 2.05) is 6.29 Å². The summed E-state index contributed by atoms with van der Waals surface area (Å²) in [5.41, 5.74) is -1.24. The van der Waals surface area contributed by atoms with Crippen LogP contribution in [0.3, 0.4) is 0 Å². The van der Waals surface area contributed by atoms with Gasteiger partial charge in [0.15, 0.2) is 5.54 Å². The Morgan fingerprint density at radius 1 is 1.41 bits per heavy atom. The van der Waals surface area contributed by atoms with Crippen LogP contribution >= 0.6 is 0 Å². The van der Waals surface area contributed by atoms with Crippen LogP contribution in [0.1, 0.15) is 19.8 Å². The van der Waals surface area contributed by atoms with Gasteiger partial charge in [0.1, 0.15) is 0 Å². The summed E-state index contributed by atoms with van der Waals surface area (Å²) in [6, 6.07) is -0.625. The van der Waals surface area contributed by atoms with E-state index in [0.29, 0.717) is 13.0 Å². The summed E-state index contributed by atoms with van der Waals surface area (Å²) >= 11 is 0. The Labute approximate surface area is 125 Å². The van der Waals surface area contributed by atoms with Gasteiger partial charge in [-0.15, -0.1) is 0 Å². The average molecular weight is 313 g/mol. The number of nitrogens with one attached hydrogen (secondary N) is 1. The molecule has 2 unspecified atom stereocenters. The maximum atomic E-state index is 12.1. The second-order valence-electron chi connectivity index (χ2n) is 4.23. The number of carbonyl (C=O) groups is 2. The molecule has 2 aliphatic rings. The number of hydrogen-bond donors (Lipinski definition) is 1. The van der Waals surface area contributed by atoms with Gasteiger partial charge in [-0.1, -0.05) is 6.42 Å². The van der Waals surface area contributed by atoms with Gasteiger partial charge in [-0.25, -0.2) is 6.29 Å². The Balaban J connectivity index is 0.00000144. The van der Waals surface area contributed by atoms with Crippen LogP contribution in [0.4, 0.5) is 0 Å². The third-order valence-electron chi connectivity index (χ3n) is 3.34. The summed E-state index contributed by atoms with van der Waals surface area (Å²) in [5, 5.41) is 5.33. The average Bonchev–Trinajstić information content (AvgIpc) is 2.52. The molecule has 0 aromatic carbocycles. The van der Waals surface area contributed by atoms with E-state index in [-0.39, 0.29) is 44.5 Å². The minimum Gasteiger partial charge on any atom is -0.540 e. The van der Waals surface area contributed by atoms with Crippen molar-refractivity contribution < 1.29 is 47.1 Å². The first-order chi connectivity index (χ1) is 7.56. The summed E-state index contributed by atoms with van der Waals surface area (Å²) in [4.78, 5) is 34.9. The van der Waals surface area contributed by atoms with Gasteiger partial charge in [0.2, 0.25) is 0 Å². The van der Waals surface area contributed by atoms with E-state index in [1.54, 1.807) is 7.05 Å². The third-order valence-corrected chi connectivity index (χ3v) is 3.34. The zero-order valence-corrected chi connectivity index (χ0v) is 12.7. The smallest absolute Gasteiger partial charge is 0.540 e. The Kier molecular flexibility index (Phi) is 4.44. The van der Waals surface area contributed by atoms with E-state index >= 15 is 0 Å². The summed E-state index contributed by atoms with van der Waals surface area (Å²) in [6.07, 6.45) is 3.11. The van der Waals surface area contributed by atoms with Crippen molar-refractivity contribution in [2.75, 3.05) is 13.6 Å². The first-order valence-corrected chi connectivity index (χ1v) is 5.28. The van der Waals surface area contributed by atoms with Crippen molar-refractivity contribution >= 4 is 18.1 Å². The van der Waals surface area contributed by atoms with Crippen LogP contribution in [0.2, 0.25) is 0 Å². The van der Waals surface area contributed by atoms with Crippen molar-refractivity contribution in [3.8, 4) is 0 Å². The maximum absolute atomic E-state index is 12.1. The van der Waals surface area contributed by atoms with E-state index in [1.165, 1.54) is 16.9 Å². The number of likely N-dealkylation sites (N-methyl/N-ethyl adjacent to an activating group) is 1. The normalized spacial score (nSPS) is 32.2. The molecule has 2 saturated heterocycles. The fraction of sp³-hybridized carbons (Fsp3) is 0.700. The zero-order chi connectivity index (χ0) is 11.9. The number of amides is 2. The molecule has 0 aliphatic carbocycles. The minimum absolute atomic E-state index is 0. The van der Waals surface area contributed by atoms with E-state index in [0.717, 1.165) is 6.42 Å². The van der Waals surface area contributed by atoms with Gasteiger partial charge in [0.05, 0.1) is 0 Å². The summed E-state index contributed by atoms with van der Waals surface area (Å²) in [7, 11) is 1.56. The number of rotatable bonds is 2. The van der Waals surface area contributed by atoms with Crippen molar-refractivity contribution in [2.24, 2.45) is 0 Å². The predicted molar refractivity (Wildman–Crippen MR) is 54.7 cm³/mol. The molecule has 0 saturated carbocycles. The molecule has 0 bridgehead atoms. The largest absolute Gasteiger partial charge is 3.00 e. The molecule has 17 heavy (non-hydrogen) atoms. The third kappa shape index (κ3) is 1.96. The van der Waals surface area contributed by atoms with E-state index in [2.05, 4.69) is 5.32 Å². The number of hydrazine groups is 1. The van der Waals surface area contributed by atoms with Gasteiger partial charge in [-0.2, -0.15) is 0 Å². The molecule has 2 heterocycles. The molecular weight excluding hydrogens is 299 g/mol. The summed E-state index contributed by atoms with van der Waals surface area (Å²) in [5.74, 6) is -0.659. The van der Waals surface area contributed by atoms with Gasteiger partial charge in [-0.05, 0) is 26.4 Å². The molecule has 0 aromatic heterocycles. The molecule has 2 aliphatic heterocycles. The van der Waals surface area contributed by atoms with Crippen LogP contribution in [-0.4, -0.2) is 53.3 Å². The van der Waals surface area contributed by atoms with Crippen LogP contribution in [0, 0.1) is 0 Å². The Morgan fingerprint density at radius 2 is 2.06 bits per heavy atom. The SMILES string of the molecule is CNC1(C)C(=O)N2CCCC([C-]=O)N2C1=O.[Y+3]. The van der Waals surface area contributed by atoms with Gasteiger partial charge < -0.3 is 4.79 Å². The molecule has 0 aromatic rings. The summed E-state index contributed by atoms with van der Waals surface area (Å²) < 4.78 is 0. The number of nitrogens with zero attached hydrogens (tertiary/aromatic N) is 2. The van der Waals surface area contributed by atoms with Gasteiger partial charge in [0.25, 0.3) is 11.8 Å². The standard InChI is InChI=1S/C10H14N3O3.Y/c1-10(11-2)8(15)12-5-3-4-7(6-14)13(12)9(10)16;/h7,11H,3-5H2,1-2H3;/q-1;+3. The van der Waals surface area contributed by atoms with Crippen molar-refractivity contribution in [3.63, 3.8) is 0 Å². The fourth-order valence-electron chi connectivity index (χ4n) is 2.18. The van der Waals surface area contributed by atoms with Crippen molar-refractivity contribution in [3.05, 3.63) is 0 Å². The molecule has 2 fully saturated rings. The fourth-order valence-corrected chi connectivity index (χ4v) is 2.18. The van der Waals surface area contributed by atoms with E-state index in [9.17, 15) is 14.4 Å². The zero-order valence-electron chi connectivity index (χ0n) is 9.90. The van der Waals surface area contributed by atoms with Gasteiger partial charge >= 0.3 is 32.7 Å². The van der Waals surface area contributed by atoms with Crippen LogP contribution in [0.5, 0.6) is 0 Å². The van der Waals surface area contributed by atoms with Crippen LogP contribution in [0.25, 0.3) is 0 Å². The maximum Gasteiger partial charge on any atom is 3.00 e. The quantitative estimate of drug-likeness (QED) is 0.515. The molecule has 7 heteroatoms.